The maximum Gasteiger partial charge on any atom is 0.434 e. The second-order valence-electron chi connectivity index (χ2n) is 8.75. The molecular formula is C25H27F3N4O5S. The van der Waals surface area contributed by atoms with Crippen molar-refractivity contribution in [2.75, 3.05) is 24.6 Å². The first kappa shape index (κ1) is 28.9. The summed E-state index contributed by atoms with van der Waals surface area (Å²) in [5, 5.41) is 9.52. The number of esters is 1. The second-order valence-corrected chi connectivity index (χ2v) is 10.5. The van der Waals surface area contributed by atoms with E-state index in [9.17, 15) is 36.4 Å². The number of carbonyl (C=O) groups is 2. The van der Waals surface area contributed by atoms with Crippen LogP contribution in [-0.2, 0) is 37.9 Å². The zero-order chi connectivity index (χ0) is 28.1. The highest BCUT2D eigenvalue weighted by Gasteiger charge is 2.40. The molecule has 0 unspecified atom stereocenters. The molecule has 3 rings (SSSR count). The maximum atomic E-state index is 13.7. The number of nitrogens with one attached hydrogen (secondary N) is 1. The Morgan fingerprint density at radius 3 is 2.42 bits per heavy atom. The first-order chi connectivity index (χ1) is 17.9. The number of ether oxygens (including phenoxy) is 1. The Kier molecular flexibility index (Phi) is 8.98. The van der Waals surface area contributed by atoms with Crippen LogP contribution in [0.25, 0.3) is 0 Å². The van der Waals surface area contributed by atoms with E-state index in [2.05, 4.69) is 14.4 Å². The number of aryl methyl sites for hydroxylation is 1. The number of piperidine rings is 1. The van der Waals surface area contributed by atoms with Crippen molar-refractivity contribution >= 4 is 27.7 Å². The smallest absolute Gasteiger partial charge is 0.434 e. The van der Waals surface area contributed by atoms with Crippen LogP contribution in [0, 0.1) is 17.2 Å². The number of sulfonamides is 1. The van der Waals surface area contributed by atoms with E-state index in [1.165, 1.54) is 11.8 Å². The number of aromatic nitrogens is 1. The van der Waals surface area contributed by atoms with Crippen molar-refractivity contribution < 1.29 is 35.9 Å². The van der Waals surface area contributed by atoms with Crippen molar-refractivity contribution in [1.29, 1.82) is 5.26 Å². The molecule has 0 saturated carbocycles. The molecule has 1 N–H and O–H groups in total. The number of nitrogens with zero attached hydrogens (tertiary/aromatic N) is 3. The first-order valence-corrected chi connectivity index (χ1v) is 13.6. The van der Waals surface area contributed by atoms with Gasteiger partial charge in [0.15, 0.2) is 5.69 Å². The molecule has 13 heteroatoms. The molecule has 1 aliphatic heterocycles. The van der Waals surface area contributed by atoms with Gasteiger partial charge in [0.1, 0.15) is 11.9 Å². The minimum Gasteiger partial charge on any atom is -0.462 e. The summed E-state index contributed by atoms with van der Waals surface area (Å²) in [4.78, 5) is 29.8. The molecule has 1 aromatic heterocycles. The van der Waals surface area contributed by atoms with E-state index in [0.717, 1.165) is 18.1 Å². The summed E-state index contributed by atoms with van der Waals surface area (Å²) in [5.41, 5.74) is -1.07. The number of anilines is 1. The number of nitriles is 1. The lowest BCUT2D eigenvalue weighted by atomic mass is 9.96. The Balaban J connectivity index is 1.73. The van der Waals surface area contributed by atoms with Gasteiger partial charge in [-0.15, -0.1) is 0 Å². The molecule has 0 aliphatic carbocycles. The summed E-state index contributed by atoms with van der Waals surface area (Å²) in [5.74, 6) is -3.27. The van der Waals surface area contributed by atoms with Gasteiger partial charge < -0.3 is 9.64 Å². The molecule has 1 amide bonds. The number of pyridine rings is 1. The zero-order valence-electron chi connectivity index (χ0n) is 20.8. The lowest BCUT2D eigenvalue weighted by Gasteiger charge is -2.33. The highest BCUT2D eigenvalue weighted by Crippen LogP contribution is 2.35. The summed E-state index contributed by atoms with van der Waals surface area (Å²) < 4.78 is 72.9. The number of carbonyl (C=O) groups excluding carboxylic acids is 2. The molecule has 1 saturated heterocycles. The Morgan fingerprint density at radius 2 is 1.84 bits per heavy atom. The number of rotatable bonds is 8. The normalized spacial score (nSPS) is 14.6. The Morgan fingerprint density at radius 1 is 1.18 bits per heavy atom. The SMILES string of the molecule is CCOC(=O)c1cc(C#N)c(N2CCC(C(=O)NS(=O)(=O)Cc3cccc(CC)c3)CC2)nc1C(F)(F)F. The third-order valence-corrected chi connectivity index (χ3v) is 7.29. The minimum absolute atomic E-state index is 0.0500. The Hall–Kier alpha value is -3.66. The molecule has 204 valence electrons. The fourth-order valence-corrected chi connectivity index (χ4v) is 5.36. The molecular weight excluding hydrogens is 525 g/mol. The molecule has 1 aromatic carbocycles. The Bertz CT molecular complexity index is 1350. The van der Waals surface area contributed by atoms with Crippen molar-refractivity contribution in [2.45, 2.75) is 45.0 Å². The predicted molar refractivity (Wildman–Crippen MR) is 131 cm³/mol. The van der Waals surface area contributed by atoms with Gasteiger partial charge in [-0.1, -0.05) is 31.2 Å². The van der Waals surface area contributed by atoms with Crippen molar-refractivity contribution in [3.63, 3.8) is 0 Å². The number of amides is 1. The summed E-state index contributed by atoms with van der Waals surface area (Å²) in [6, 6.07) is 9.60. The number of hydrogen-bond donors (Lipinski definition) is 1. The van der Waals surface area contributed by atoms with Crippen LogP contribution in [0.4, 0.5) is 19.0 Å². The predicted octanol–water partition coefficient (Wildman–Crippen LogP) is 3.57. The van der Waals surface area contributed by atoms with E-state index in [0.29, 0.717) is 5.56 Å². The van der Waals surface area contributed by atoms with Gasteiger partial charge in [-0.25, -0.2) is 18.2 Å². The minimum atomic E-state index is -4.98. The maximum absolute atomic E-state index is 13.7. The van der Waals surface area contributed by atoms with Gasteiger partial charge in [0.2, 0.25) is 15.9 Å². The molecule has 9 nitrogen and oxygen atoms in total. The summed E-state index contributed by atoms with van der Waals surface area (Å²) in [7, 11) is -3.96. The van der Waals surface area contributed by atoms with Gasteiger partial charge in [0.05, 0.1) is 23.5 Å². The van der Waals surface area contributed by atoms with Crippen LogP contribution in [0.15, 0.2) is 30.3 Å². The molecule has 0 bridgehead atoms. The van der Waals surface area contributed by atoms with E-state index >= 15 is 0 Å². The largest absolute Gasteiger partial charge is 0.462 e. The van der Waals surface area contributed by atoms with E-state index in [1.54, 1.807) is 24.3 Å². The van der Waals surface area contributed by atoms with E-state index in [-0.39, 0.29) is 49.7 Å². The number of halogens is 3. The highest BCUT2D eigenvalue weighted by molar-refractivity contribution is 7.89. The van der Waals surface area contributed by atoms with Crippen LogP contribution in [0.3, 0.4) is 0 Å². The topological polar surface area (TPSA) is 129 Å². The lowest BCUT2D eigenvalue weighted by Crippen LogP contribution is -2.43. The summed E-state index contributed by atoms with van der Waals surface area (Å²) >= 11 is 0. The van der Waals surface area contributed by atoms with Gasteiger partial charge in [0.25, 0.3) is 0 Å². The average Bonchev–Trinajstić information content (AvgIpc) is 2.87. The van der Waals surface area contributed by atoms with Crippen LogP contribution >= 0.6 is 0 Å². The van der Waals surface area contributed by atoms with Gasteiger partial charge >= 0.3 is 12.1 Å². The molecule has 0 radical (unpaired) electrons. The highest BCUT2D eigenvalue weighted by atomic mass is 32.2. The van der Waals surface area contributed by atoms with Crippen LogP contribution in [0.1, 0.15) is 59.4 Å². The van der Waals surface area contributed by atoms with E-state index in [4.69, 9.17) is 0 Å². The lowest BCUT2D eigenvalue weighted by molar-refractivity contribution is -0.141. The van der Waals surface area contributed by atoms with Gasteiger partial charge in [-0.2, -0.15) is 18.4 Å². The molecule has 0 atom stereocenters. The standard InChI is InChI=1S/C25H27F3N4O5S/c1-3-16-6-5-7-17(12-16)15-38(35,36)31-23(33)18-8-10-32(11-9-18)22-19(14-29)13-20(24(34)37-4-2)21(30-22)25(26,27)28/h5-7,12-13,18H,3-4,8-11,15H2,1-2H3,(H,31,33). The molecule has 0 spiro atoms. The van der Waals surface area contributed by atoms with Crippen molar-refractivity contribution in [3.05, 3.63) is 58.3 Å². The monoisotopic (exact) mass is 552 g/mol. The number of benzene rings is 1. The van der Waals surface area contributed by atoms with Gasteiger partial charge in [0, 0.05) is 19.0 Å². The quantitative estimate of drug-likeness (QED) is 0.492. The van der Waals surface area contributed by atoms with Crippen LogP contribution < -0.4 is 9.62 Å². The van der Waals surface area contributed by atoms with Crippen LogP contribution in [0.2, 0.25) is 0 Å². The van der Waals surface area contributed by atoms with Crippen molar-refractivity contribution in [1.82, 2.24) is 9.71 Å². The fraction of sp³-hybridized carbons (Fsp3) is 0.440. The van der Waals surface area contributed by atoms with Crippen molar-refractivity contribution in [3.8, 4) is 6.07 Å². The third kappa shape index (κ3) is 7.00. The molecule has 38 heavy (non-hydrogen) atoms. The van der Waals surface area contributed by atoms with Crippen molar-refractivity contribution in [2.24, 2.45) is 5.92 Å². The fourth-order valence-electron chi connectivity index (χ4n) is 4.19. The number of hydrogen-bond acceptors (Lipinski definition) is 8. The third-order valence-electron chi connectivity index (χ3n) is 6.06. The average molecular weight is 553 g/mol. The molecule has 1 fully saturated rings. The van der Waals surface area contributed by atoms with E-state index < -0.39 is 45.3 Å². The summed E-state index contributed by atoms with van der Waals surface area (Å²) in [6.07, 6.45) is -3.99. The molecule has 1 aliphatic rings. The van der Waals surface area contributed by atoms with Crippen LogP contribution in [0.5, 0.6) is 0 Å². The van der Waals surface area contributed by atoms with Crippen LogP contribution in [-0.4, -0.2) is 45.0 Å². The van der Waals surface area contributed by atoms with Gasteiger partial charge in [-0.3, -0.25) is 9.52 Å². The molecule has 2 aromatic rings. The van der Waals surface area contributed by atoms with Gasteiger partial charge in [-0.05, 0) is 43.4 Å². The summed E-state index contributed by atoms with van der Waals surface area (Å²) in [6.45, 7) is 3.32. The molecule has 2 heterocycles. The first-order valence-electron chi connectivity index (χ1n) is 11.9. The zero-order valence-corrected chi connectivity index (χ0v) is 21.7. The van der Waals surface area contributed by atoms with E-state index in [1.807, 2.05) is 13.0 Å². The second kappa shape index (κ2) is 11.8. The number of alkyl halides is 3. The Labute approximate surface area is 218 Å².